The lowest BCUT2D eigenvalue weighted by Crippen LogP contribution is -2.19. The number of benzene rings is 1. The molecule has 1 aromatic heterocycles. The number of anilines is 3. The first kappa shape index (κ1) is 12.0. The number of aromatic nitrogens is 2. The number of nitrogens with one attached hydrogen (secondary N) is 2. The maximum atomic E-state index is 11.7. The molecule has 1 heterocycles. The summed E-state index contributed by atoms with van der Waals surface area (Å²) in [4.78, 5) is 11.7. The summed E-state index contributed by atoms with van der Waals surface area (Å²) in [7, 11) is 3.41. The fourth-order valence-corrected chi connectivity index (χ4v) is 1.64. The van der Waals surface area contributed by atoms with Crippen LogP contribution in [0.15, 0.2) is 30.6 Å². The minimum absolute atomic E-state index is 0.165. The Morgan fingerprint density at radius 1 is 1.44 bits per heavy atom. The molecule has 0 radical (unpaired) electrons. The molecule has 0 atom stereocenters. The van der Waals surface area contributed by atoms with Crippen molar-refractivity contribution in [2.75, 3.05) is 18.1 Å². The third-order valence-electron chi connectivity index (χ3n) is 2.50. The van der Waals surface area contributed by atoms with Crippen LogP contribution in [0, 0.1) is 0 Å². The Morgan fingerprint density at radius 3 is 2.83 bits per heavy atom. The van der Waals surface area contributed by atoms with E-state index < -0.39 is 0 Å². The number of amides is 1. The maximum Gasteiger partial charge on any atom is 0.253 e. The average molecular weight is 245 g/mol. The Balaban J connectivity index is 2.36. The van der Waals surface area contributed by atoms with E-state index in [4.69, 9.17) is 5.73 Å². The number of nitrogen functional groups attached to an aromatic ring is 1. The molecule has 4 N–H and O–H groups in total. The van der Waals surface area contributed by atoms with Crippen LogP contribution in [0.2, 0.25) is 0 Å². The van der Waals surface area contributed by atoms with Crippen molar-refractivity contribution in [3.63, 3.8) is 0 Å². The first-order chi connectivity index (χ1) is 8.60. The van der Waals surface area contributed by atoms with Crippen molar-refractivity contribution in [3.05, 3.63) is 36.2 Å². The second kappa shape index (κ2) is 4.79. The van der Waals surface area contributed by atoms with E-state index in [2.05, 4.69) is 15.7 Å². The lowest BCUT2D eigenvalue weighted by atomic mass is 10.1. The number of carbonyl (C=O) groups is 1. The number of nitrogens with two attached hydrogens (primary N) is 1. The fourth-order valence-electron chi connectivity index (χ4n) is 1.64. The molecule has 1 aromatic carbocycles. The summed E-state index contributed by atoms with van der Waals surface area (Å²) in [6.07, 6.45) is 3.49. The van der Waals surface area contributed by atoms with Crippen molar-refractivity contribution in [1.82, 2.24) is 15.1 Å². The molecule has 0 saturated carbocycles. The first-order valence-electron chi connectivity index (χ1n) is 5.47. The number of hydrogen-bond donors (Lipinski definition) is 3. The zero-order valence-electron chi connectivity index (χ0n) is 10.3. The van der Waals surface area contributed by atoms with Gasteiger partial charge in [-0.3, -0.25) is 9.48 Å². The van der Waals surface area contributed by atoms with Crippen LogP contribution in [0.25, 0.3) is 0 Å². The first-order valence-corrected chi connectivity index (χ1v) is 5.47. The molecule has 2 aromatic rings. The van der Waals surface area contributed by atoms with Gasteiger partial charge >= 0.3 is 0 Å². The van der Waals surface area contributed by atoms with Crippen LogP contribution < -0.4 is 16.4 Å². The quantitative estimate of drug-likeness (QED) is 0.707. The topological polar surface area (TPSA) is 85.0 Å². The van der Waals surface area contributed by atoms with E-state index in [1.54, 1.807) is 36.1 Å². The number of hydrogen-bond acceptors (Lipinski definition) is 4. The molecule has 6 heteroatoms. The summed E-state index contributed by atoms with van der Waals surface area (Å²) in [6.45, 7) is 0. The molecule has 94 valence electrons. The SMILES string of the molecule is CNC(=O)c1ccc(N)cc1Nc1cnn(C)c1. The summed E-state index contributed by atoms with van der Waals surface area (Å²) in [5.74, 6) is -0.165. The smallest absolute Gasteiger partial charge is 0.253 e. The van der Waals surface area contributed by atoms with Gasteiger partial charge in [-0.1, -0.05) is 0 Å². The predicted octanol–water partition coefficient (Wildman–Crippen LogP) is 1.11. The van der Waals surface area contributed by atoms with E-state index in [9.17, 15) is 4.79 Å². The van der Waals surface area contributed by atoms with Gasteiger partial charge in [0.25, 0.3) is 5.91 Å². The van der Waals surface area contributed by atoms with Crippen molar-refractivity contribution < 1.29 is 4.79 Å². The third kappa shape index (κ3) is 2.42. The van der Waals surface area contributed by atoms with Gasteiger partial charge in [0.2, 0.25) is 0 Å². The highest BCUT2D eigenvalue weighted by molar-refractivity contribution is 6.00. The predicted molar refractivity (Wildman–Crippen MR) is 70.7 cm³/mol. The third-order valence-corrected chi connectivity index (χ3v) is 2.50. The van der Waals surface area contributed by atoms with E-state index in [1.807, 2.05) is 13.2 Å². The number of carbonyl (C=O) groups excluding carboxylic acids is 1. The van der Waals surface area contributed by atoms with Crippen molar-refractivity contribution >= 4 is 23.0 Å². The molecular formula is C12H15N5O. The van der Waals surface area contributed by atoms with Gasteiger partial charge in [0, 0.05) is 26.0 Å². The Labute approximate surface area is 105 Å². The minimum Gasteiger partial charge on any atom is -0.399 e. The Bertz CT molecular complexity index is 576. The van der Waals surface area contributed by atoms with E-state index in [0.717, 1.165) is 5.69 Å². The van der Waals surface area contributed by atoms with E-state index in [1.165, 1.54) is 0 Å². The normalized spacial score (nSPS) is 10.1. The average Bonchev–Trinajstić information content (AvgIpc) is 2.74. The molecule has 0 unspecified atom stereocenters. The number of rotatable bonds is 3. The molecule has 2 rings (SSSR count). The molecule has 18 heavy (non-hydrogen) atoms. The summed E-state index contributed by atoms with van der Waals surface area (Å²) >= 11 is 0. The van der Waals surface area contributed by atoms with Crippen LogP contribution in [0.4, 0.5) is 17.1 Å². The summed E-state index contributed by atoms with van der Waals surface area (Å²) < 4.78 is 1.67. The molecule has 6 nitrogen and oxygen atoms in total. The van der Waals surface area contributed by atoms with Crippen molar-refractivity contribution in [2.24, 2.45) is 7.05 Å². The molecule has 0 aliphatic rings. The van der Waals surface area contributed by atoms with Crippen LogP contribution in [-0.2, 0) is 7.05 Å². The fraction of sp³-hybridized carbons (Fsp3) is 0.167. The Kier molecular flexibility index (Phi) is 3.18. The monoisotopic (exact) mass is 245 g/mol. The lowest BCUT2D eigenvalue weighted by Gasteiger charge is -2.10. The molecule has 0 saturated heterocycles. The molecular weight excluding hydrogens is 230 g/mol. The van der Waals surface area contributed by atoms with Crippen LogP contribution in [0.1, 0.15) is 10.4 Å². The van der Waals surface area contributed by atoms with Gasteiger partial charge in [-0.15, -0.1) is 0 Å². The van der Waals surface area contributed by atoms with Gasteiger partial charge in [0.1, 0.15) is 0 Å². The summed E-state index contributed by atoms with van der Waals surface area (Å²) in [6, 6.07) is 5.10. The van der Waals surface area contributed by atoms with Crippen LogP contribution in [-0.4, -0.2) is 22.7 Å². The number of aryl methyl sites for hydroxylation is 1. The minimum atomic E-state index is -0.165. The zero-order valence-corrected chi connectivity index (χ0v) is 10.3. The summed E-state index contributed by atoms with van der Waals surface area (Å²) in [5.41, 5.74) is 8.32. The Morgan fingerprint density at radius 2 is 2.22 bits per heavy atom. The highest BCUT2D eigenvalue weighted by atomic mass is 16.1. The molecule has 0 fully saturated rings. The van der Waals surface area contributed by atoms with Crippen molar-refractivity contribution in [3.8, 4) is 0 Å². The van der Waals surface area contributed by atoms with E-state index in [-0.39, 0.29) is 5.91 Å². The molecule has 0 aliphatic heterocycles. The van der Waals surface area contributed by atoms with Gasteiger partial charge < -0.3 is 16.4 Å². The second-order valence-electron chi connectivity index (χ2n) is 3.91. The number of nitrogens with zero attached hydrogens (tertiary/aromatic N) is 2. The van der Waals surface area contributed by atoms with Gasteiger partial charge in [-0.25, -0.2) is 0 Å². The van der Waals surface area contributed by atoms with Crippen LogP contribution in [0.5, 0.6) is 0 Å². The highest BCUT2D eigenvalue weighted by Crippen LogP contribution is 2.23. The van der Waals surface area contributed by atoms with E-state index in [0.29, 0.717) is 16.9 Å². The molecule has 0 spiro atoms. The van der Waals surface area contributed by atoms with E-state index >= 15 is 0 Å². The van der Waals surface area contributed by atoms with Crippen molar-refractivity contribution in [1.29, 1.82) is 0 Å². The Hall–Kier alpha value is -2.50. The lowest BCUT2D eigenvalue weighted by molar-refractivity contribution is 0.0964. The van der Waals surface area contributed by atoms with Gasteiger partial charge in [0.05, 0.1) is 23.1 Å². The molecule has 1 amide bonds. The van der Waals surface area contributed by atoms with Crippen LogP contribution >= 0.6 is 0 Å². The van der Waals surface area contributed by atoms with Crippen molar-refractivity contribution in [2.45, 2.75) is 0 Å². The second-order valence-corrected chi connectivity index (χ2v) is 3.91. The zero-order chi connectivity index (χ0) is 13.1. The van der Waals surface area contributed by atoms with Gasteiger partial charge in [-0.05, 0) is 18.2 Å². The van der Waals surface area contributed by atoms with Gasteiger partial charge in [0.15, 0.2) is 0 Å². The van der Waals surface area contributed by atoms with Crippen LogP contribution in [0.3, 0.4) is 0 Å². The standard InChI is InChI=1S/C12H15N5O/c1-14-12(18)10-4-3-8(13)5-11(10)16-9-6-15-17(2)7-9/h3-7,16H,13H2,1-2H3,(H,14,18). The maximum absolute atomic E-state index is 11.7. The molecule has 0 bridgehead atoms. The largest absolute Gasteiger partial charge is 0.399 e. The summed E-state index contributed by atoms with van der Waals surface area (Å²) in [5, 5.41) is 9.77. The molecule has 0 aliphatic carbocycles. The highest BCUT2D eigenvalue weighted by Gasteiger charge is 2.10. The van der Waals surface area contributed by atoms with Gasteiger partial charge in [-0.2, -0.15) is 5.10 Å².